The summed E-state index contributed by atoms with van der Waals surface area (Å²) in [7, 11) is 1.54. The Morgan fingerprint density at radius 3 is 2.84 bits per heavy atom. The van der Waals surface area contributed by atoms with Gasteiger partial charge >= 0.3 is 0 Å². The molecule has 1 heterocycles. The Balaban J connectivity index is 1.91. The molecule has 2 rings (SSSR count). The summed E-state index contributed by atoms with van der Waals surface area (Å²) in [6, 6.07) is 7.41. The van der Waals surface area contributed by atoms with Crippen molar-refractivity contribution in [1.29, 1.82) is 0 Å². The van der Waals surface area contributed by atoms with Gasteiger partial charge in [0.2, 0.25) is 0 Å². The zero-order valence-corrected chi connectivity index (χ0v) is 11.3. The molecule has 5 nitrogen and oxygen atoms in total. The van der Waals surface area contributed by atoms with Crippen molar-refractivity contribution in [2.24, 2.45) is 0 Å². The molecule has 1 aromatic heterocycles. The van der Waals surface area contributed by atoms with E-state index in [9.17, 15) is 5.11 Å². The molecule has 0 atom stereocenters. The summed E-state index contributed by atoms with van der Waals surface area (Å²) in [6.45, 7) is 4.37. The van der Waals surface area contributed by atoms with E-state index in [0.29, 0.717) is 12.3 Å². The summed E-state index contributed by atoms with van der Waals surface area (Å²) in [5, 5.41) is 17.2. The molecule has 0 aliphatic rings. The Hall–Kier alpha value is -2.01. The lowest BCUT2D eigenvalue weighted by Crippen LogP contribution is -2.16. The van der Waals surface area contributed by atoms with Crippen LogP contribution in [0.4, 0.5) is 0 Å². The molecule has 2 N–H and O–H groups in total. The van der Waals surface area contributed by atoms with Crippen molar-refractivity contribution < 1.29 is 9.84 Å². The number of aryl methyl sites for hydroxylation is 1. The number of methoxy groups -OCH3 is 1. The Bertz CT molecular complexity index is 537. The zero-order valence-electron chi connectivity index (χ0n) is 11.3. The minimum atomic E-state index is 0.167. The summed E-state index contributed by atoms with van der Waals surface area (Å²) in [6.07, 6.45) is 1.81. The first-order valence-electron chi connectivity index (χ1n) is 6.32. The van der Waals surface area contributed by atoms with Gasteiger partial charge in [-0.1, -0.05) is 6.07 Å². The van der Waals surface area contributed by atoms with Crippen molar-refractivity contribution in [2.45, 2.75) is 26.6 Å². The second-order valence-electron chi connectivity index (χ2n) is 4.25. The van der Waals surface area contributed by atoms with Gasteiger partial charge < -0.3 is 15.2 Å². The largest absolute Gasteiger partial charge is 0.504 e. The van der Waals surface area contributed by atoms with Crippen molar-refractivity contribution in [1.82, 2.24) is 15.1 Å². The van der Waals surface area contributed by atoms with E-state index in [1.54, 1.807) is 25.4 Å². The number of hydrogen-bond donors (Lipinski definition) is 2. The van der Waals surface area contributed by atoms with E-state index in [2.05, 4.69) is 17.3 Å². The smallest absolute Gasteiger partial charge is 0.160 e. The van der Waals surface area contributed by atoms with E-state index in [4.69, 9.17) is 4.74 Å². The predicted octanol–water partition coefficient (Wildman–Crippen LogP) is 1.91. The number of aromatic nitrogens is 2. The Kier molecular flexibility index (Phi) is 4.41. The topological polar surface area (TPSA) is 59.3 Å². The number of aromatic hydroxyl groups is 1. The Labute approximate surface area is 112 Å². The lowest BCUT2D eigenvalue weighted by Gasteiger charge is -2.08. The highest BCUT2D eigenvalue weighted by molar-refractivity contribution is 5.41. The quantitative estimate of drug-likeness (QED) is 0.834. The number of ether oxygens (including phenoxy) is 1. The van der Waals surface area contributed by atoms with Gasteiger partial charge in [-0.25, -0.2) is 0 Å². The number of phenolic OH excluding ortho intramolecular Hbond substituents is 1. The molecular weight excluding hydrogens is 242 g/mol. The van der Waals surface area contributed by atoms with Gasteiger partial charge in [0, 0.05) is 25.8 Å². The van der Waals surface area contributed by atoms with E-state index < -0.39 is 0 Å². The number of benzene rings is 1. The average Bonchev–Trinajstić information content (AvgIpc) is 2.86. The minimum Gasteiger partial charge on any atom is -0.504 e. The van der Waals surface area contributed by atoms with Gasteiger partial charge in [0.15, 0.2) is 11.5 Å². The number of nitrogens with one attached hydrogen (secondary N) is 1. The number of phenols is 1. The van der Waals surface area contributed by atoms with Gasteiger partial charge in [-0.15, -0.1) is 0 Å². The zero-order chi connectivity index (χ0) is 13.7. The Morgan fingerprint density at radius 1 is 1.32 bits per heavy atom. The first-order valence-corrected chi connectivity index (χ1v) is 6.32. The third-order valence-corrected chi connectivity index (χ3v) is 2.98. The number of hydrogen-bond acceptors (Lipinski definition) is 4. The van der Waals surface area contributed by atoms with E-state index in [1.165, 1.54) is 0 Å². The van der Waals surface area contributed by atoms with Gasteiger partial charge in [0.05, 0.1) is 12.8 Å². The van der Waals surface area contributed by atoms with Crippen LogP contribution in [0.25, 0.3) is 0 Å². The molecule has 2 aromatic rings. The van der Waals surface area contributed by atoms with Gasteiger partial charge in [-0.05, 0) is 30.7 Å². The van der Waals surface area contributed by atoms with Crippen LogP contribution in [0.3, 0.4) is 0 Å². The van der Waals surface area contributed by atoms with Crippen LogP contribution >= 0.6 is 0 Å². The molecule has 0 bridgehead atoms. The molecule has 0 unspecified atom stereocenters. The summed E-state index contributed by atoms with van der Waals surface area (Å²) < 4.78 is 6.97. The van der Waals surface area contributed by atoms with E-state index >= 15 is 0 Å². The maximum Gasteiger partial charge on any atom is 0.160 e. The predicted molar refractivity (Wildman–Crippen MR) is 73.1 cm³/mol. The van der Waals surface area contributed by atoms with Gasteiger partial charge in [0.1, 0.15) is 0 Å². The van der Waals surface area contributed by atoms with Gasteiger partial charge in [-0.2, -0.15) is 5.10 Å². The fraction of sp³-hybridized carbons (Fsp3) is 0.357. The highest BCUT2D eigenvalue weighted by Gasteiger charge is 2.03. The third-order valence-electron chi connectivity index (χ3n) is 2.98. The lowest BCUT2D eigenvalue weighted by atomic mass is 10.2. The highest BCUT2D eigenvalue weighted by atomic mass is 16.5. The van der Waals surface area contributed by atoms with Crippen molar-refractivity contribution in [3.05, 3.63) is 41.7 Å². The first-order chi connectivity index (χ1) is 9.24. The van der Waals surface area contributed by atoms with E-state index in [0.717, 1.165) is 24.3 Å². The van der Waals surface area contributed by atoms with Gasteiger partial charge in [-0.3, -0.25) is 4.68 Å². The summed E-state index contributed by atoms with van der Waals surface area (Å²) in [5.74, 6) is 0.660. The molecule has 0 radical (unpaired) electrons. The molecule has 102 valence electrons. The molecule has 0 fully saturated rings. The van der Waals surface area contributed by atoms with Crippen molar-refractivity contribution >= 4 is 0 Å². The SMILES string of the molecule is CCn1nccc1CNCc1ccc(OC)c(O)c1. The van der Waals surface area contributed by atoms with Crippen LogP contribution in [-0.4, -0.2) is 22.0 Å². The monoisotopic (exact) mass is 261 g/mol. The second-order valence-corrected chi connectivity index (χ2v) is 4.25. The highest BCUT2D eigenvalue weighted by Crippen LogP contribution is 2.26. The van der Waals surface area contributed by atoms with Crippen LogP contribution < -0.4 is 10.1 Å². The van der Waals surface area contributed by atoms with Crippen LogP contribution in [0.15, 0.2) is 30.5 Å². The first kappa shape index (κ1) is 13.4. The minimum absolute atomic E-state index is 0.167. The van der Waals surface area contributed by atoms with Crippen LogP contribution in [0.1, 0.15) is 18.2 Å². The molecule has 0 spiro atoms. The molecule has 0 amide bonds. The maximum atomic E-state index is 9.69. The molecule has 19 heavy (non-hydrogen) atoms. The average molecular weight is 261 g/mol. The van der Waals surface area contributed by atoms with Crippen molar-refractivity contribution in [3.8, 4) is 11.5 Å². The number of nitrogens with zero attached hydrogens (tertiary/aromatic N) is 2. The molecule has 0 aliphatic heterocycles. The molecular formula is C14H19N3O2. The van der Waals surface area contributed by atoms with E-state index in [-0.39, 0.29) is 5.75 Å². The van der Waals surface area contributed by atoms with Gasteiger partial charge in [0.25, 0.3) is 0 Å². The van der Waals surface area contributed by atoms with E-state index in [1.807, 2.05) is 16.8 Å². The third kappa shape index (κ3) is 3.26. The molecule has 0 saturated carbocycles. The fourth-order valence-corrected chi connectivity index (χ4v) is 1.98. The van der Waals surface area contributed by atoms with Crippen LogP contribution in [0, 0.1) is 0 Å². The van der Waals surface area contributed by atoms with Crippen molar-refractivity contribution in [2.75, 3.05) is 7.11 Å². The molecule has 0 aliphatic carbocycles. The molecule has 1 aromatic carbocycles. The summed E-state index contributed by atoms with van der Waals surface area (Å²) in [5.41, 5.74) is 2.17. The number of rotatable bonds is 6. The summed E-state index contributed by atoms with van der Waals surface area (Å²) >= 11 is 0. The van der Waals surface area contributed by atoms with Crippen LogP contribution in [-0.2, 0) is 19.6 Å². The maximum absolute atomic E-state index is 9.69. The second kappa shape index (κ2) is 6.24. The van der Waals surface area contributed by atoms with Crippen LogP contribution in [0.2, 0.25) is 0 Å². The standard InChI is InChI=1S/C14H19N3O2/c1-3-17-12(6-7-16-17)10-15-9-11-4-5-14(19-2)13(18)8-11/h4-8,15,18H,3,9-10H2,1-2H3. The molecule has 0 saturated heterocycles. The Morgan fingerprint density at radius 2 is 2.16 bits per heavy atom. The molecule has 5 heteroatoms. The van der Waals surface area contributed by atoms with Crippen LogP contribution in [0.5, 0.6) is 11.5 Å². The fourth-order valence-electron chi connectivity index (χ4n) is 1.98. The normalized spacial score (nSPS) is 10.6. The lowest BCUT2D eigenvalue weighted by molar-refractivity contribution is 0.373. The van der Waals surface area contributed by atoms with Crippen molar-refractivity contribution in [3.63, 3.8) is 0 Å². The summed E-state index contributed by atoms with van der Waals surface area (Å²) in [4.78, 5) is 0.